The lowest BCUT2D eigenvalue weighted by Gasteiger charge is -2.12. The van der Waals surface area contributed by atoms with Crippen molar-refractivity contribution in [3.05, 3.63) is 65.2 Å². The average Bonchev–Trinajstić information content (AvgIpc) is 3.12. The van der Waals surface area contributed by atoms with Crippen LogP contribution in [0.3, 0.4) is 0 Å². The number of nitrogens with zero attached hydrogens (tertiary/aromatic N) is 2. The van der Waals surface area contributed by atoms with E-state index in [4.69, 9.17) is 4.74 Å². The number of nitrogens with one attached hydrogen (secondary N) is 2. The van der Waals surface area contributed by atoms with E-state index in [2.05, 4.69) is 15.6 Å². The highest BCUT2D eigenvalue weighted by atomic mass is 16.5. The molecule has 2 N–H and O–H groups in total. The van der Waals surface area contributed by atoms with Crippen LogP contribution in [0.4, 0.5) is 5.69 Å². The second-order valence-corrected chi connectivity index (χ2v) is 6.76. The van der Waals surface area contributed by atoms with Gasteiger partial charge in [-0.1, -0.05) is 31.2 Å². The molecule has 0 unspecified atom stereocenters. The van der Waals surface area contributed by atoms with Crippen molar-refractivity contribution >= 4 is 23.0 Å². The van der Waals surface area contributed by atoms with Crippen LogP contribution < -0.4 is 10.6 Å². The molecule has 0 saturated heterocycles. The molecule has 2 amide bonds. The maximum atomic E-state index is 13.0. The van der Waals surface area contributed by atoms with E-state index in [1.807, 2.05) is 38.1 Å². The topological polar surface area (TPSA) is 84.7 Å². The SMILES string of the molecule is CCc1cccc(C)c1NC(=O)c1nc(C(=O)NCCCOC)c2ccccn12. The second-order valence-electron chi connectivity index (χ2n) is 6.76. The average molecular weight is 394 g/mol. The Morgan fingerprint density at radius 3 is 2.72 bits per heavy atom. The summed E-state index contributed by atoms with van der Waals surface area (Å²) in [7, 11) is 1.62. The highest BCUT2D eigenvalue weighted by Gasteiger charge is 2.22. The van der Waals surface area contributed by atoms with Crippen LogP contribution in [0.25, 0.3) is 5.52 Å². The van der Waals surface area contributed by atoms with Crippen molar-refractivity contribution in [3.63, 3.8) is 0 Å². The minimum atomic E-state index is -0.353. The molecule has 0 aliphatic rings. The molecule has 0 atom stereocenters. The molecule has 3 rings (SSSR count). The molecule has 7 heteroatoms. The smallest absolute Gasteiger partial charge is 0.292 e. The van der Waals surface area contributed by atoms with Crippen molar-refractivity contribution < 1.29 is 14.3 Å². The Hall–Kier alpha value is -3.19. The summed E-state index contributed by atoms with van der Waals surface area (Å²) in [5.74, 6) is -0.490. The number of hydrogen-bond donors (Lipinski definition) is 2. The van der Waals surface area contributed by atoms with Crippen molar-refractivity contribution in [1.82, 2.24) is 14.7 Å². The lowest BCUT2D eigenvalue weighted by atomic mass is 10.1. The predicted molar refractivity (Wildman–Crippen MR) is 113 cm³/mol. The fraction of sp³-hybridized carbons (Fsp3) is 0.318. The van der Waals surface area contributed by atoms with Gasteiger partial charge in [-0.2, -0.15) is 0 Å². The van der Waals surface area contributed by atoms with Crippen LogP contribution in [-0.4, -0.2) is 41.5 Å². The Bertz CT molecular complexity index is 1030. The molecule has 0 bridgehead atoms. The third-order valence-corrected chi connectivity index (χ3v) is 4.76. The Morgan fingerprint density at radius 2 is 1.97 bits per heavy atom. The number of carbonyl (C=O) groups is 2. The van der Waals surface area contributed by atoms with Gasteiger partial charge in [-0.15, -0.1) is 0 Å². The number of ether oxygens (including phenoxy) is 1. The van der Waals surface area contributed by atoms with Gasteiger partial charge < -0.3 is 15.4 Å². The molecular weight excluding hydrogens is 368 g/mol. The van der Waals surface area contributed by atoms with E-state index in [1.54, 1.807) is 29.8 Å². The van der Waals surface area contributed by atoms with Crippen LogP contribution in [0.15, 0.2) is 42.6 Å². The van der Waals surface area contributed by atoms with Gasteiger partial charge in [0.2, 0.25) is 5.82 Å². The number of para-hydroxylation sites is 1. The van der Waals surface area contributed by atoms with Crippen molar-refractivity contribution in [2.24, 2.45) is 0 Å². The van der Waals surface area contributed by atoms with Crippen molar-refractivity contribution in [3.8, 4) is 0 Å². The van der Waals surface area contributed by atoms with E-state index in [-0.39, 0.29) is 23.3 Å². The number of imidazole rings is 1. The first kappa shape index (κ1) is 20.5. The number of rotatable bonds is 8. The number of anilines is 1. The summed E-state index contributed by atoms with van der Waals surface area (Å²) in [6.45, 7) is 5.04. The predicted octanol–water partition coefficient (Wildman–Crippen LogP) is 3.22. The zero-order valence-corrected chi connectivity index (χ0v) is 17.0. The van der Waals surface area contributed by atoms with Gasteiger partial charge in [-0.25, -0.2) is 4.98 Å². The monoisotopic (exact) mass is 394 g/mol. The number of aromatic nitrogens is 2. The van der Waals surface area contributed by atoms with Crippen molar-refractivity contribution in [2.75, 3.05) is 25.6 Å². The Balaban J connectivity index is 1.90. The Morgan fingerprint density at radius 1 is 1.14 bits per heavy atom. The van der Waals surface area contributed by atoms with Gasteiger partial charge >= 0.3 is 0 Å². The summed E-state index contributed by atoms with van der Waals surface area (Å²) >= 11 is 0. The lowest BCUT2D eigenvalue weighted by molar-refractivity contribution is 0.0946. The molecule has 0 aliphatic carbocycles. The van der Waals surface area contributed by atoms with Gasteiger partial charge in [-0.05, 0) is 43.0 Å². The number of aryl methyl sites for hydroxylation is 2. The van der Waals surface area contributed by atoms with Gasteiger partial charge in [0, 0.05) is 32.1 Å². The first-order valence-electron chi connectivity index (χ1n) is 9.70. The van der Waals surface area contributed by atoms with Gasteiger partial charge in [0.15, 0.2) is 5.69 Å². The fourth-order valence-corrected chi connectivity index (χ4v) is 3.24. The normalized spacial score (nSPS) is 10.9. The molecule has 3 aromatic rings. The number of hydrogen-bond acceptors (Lipinski definition) is 4. The van der Waals surface area contributed by atoms with Crippen molar-refractivity contribution in [2.45, 2.75) is 26.7 Å². The van der Waals surface area contributed by atoms with Crippen molar-refractivity contribution in [1.29, 1.82) is 0 Å². The summed E-state index contributed by atoms with van der Waals surface area (Å²) in [6, 6.07) is 11.3. The molecule has 152 valence electrons. The second kappa shape index (κ2) is 9.34. The van der Waals surface area contributed by atoms with Crippen LogP contribution in [0, 0.1) is 6.92 Å². The van der Waals surface area contributed by atoms with Crippen LogP contribution in [0.5, 0.6) is 0 Å². The maximum Gasteiger partial charge on any atom is 0.292 e. The van der Waals surface area contributed by atoms with E-state index < -0.39 is 0 Å². The molecule has 2 aromatic heterocycles. The van der Waals surface area contributed by atoms with E-state index in [0.29, 0.717) is 25.1 Å². The number of methoxy groups -OCH3 is 1. The zero-order chi connectivity index (χ0) is 20.8. The van der Waals surface area contributed by atoms with Gasteiger partial charge in [0.25, 0.3) is 11.8 Å². The number of pyridine rings is 1. The van der Waals surface area contributed by atoms with Crippen LogP contribution in [-0.2, 0) is 11.2 Å². The first-order valence-corrected chi connectivity index (χ1v) is 9.70. The third-order valence-electron chi connectivity index (χ3n) is 4.76. The Labute approximate surface area is 170 Å². The minimum absolute atomic E-state index is 0.174. The molecule has 0 radical (unpaired) electrons. The van der Waals surface area contributed by atoms with E-state index >= 15 is 0 Å². The van der Waals surface area contributed by atoms with E-state index in [1.165, 1.54) is 0 Å². The van der Waals surface area contributed by atoms with Gasteiger partial charge in [0.1, 0.15) is 0 Å². The molecule has 0 saturated carbocycles. The molecule has 7 nitrogen and oxygen atoms in total. The summed E-state index contributed by atoms with van der Waals surface area (Å²) in [5, 5.41) is 5.81. The quantitative estimate of drug-likeness (QED) is 0.575. The molecular formula is C22H26N4O3. The molecule has 29 heavy (non-hydrogen) atoms. The van der Waals surface area contributed by atoms with E-state index in [9.17, 15) is 9.59 Å². The summed E-state index contributed by atoms with van der Waals surface area (Å²) in [6.07, 6.45) is 3.24. The number of carbonyl (C=O) groups excluding carboxylic acids is 2. The zero-order valence-electron chi connectivity index (χ0n) is 17.0. The number of fused-ring (bicyclic) bond motifs is 1. The molecule has 0 aliphatic heterocycles. The van der Waals surface area contributed by atoms with Crippen LogP contribution in [0.2, 0.25) is 0 Å². The number of amides is 2. The molecule has 0 fully saturated rings. The summed E-state index contributed by atoms with van der Waals surface area (Å²) in [5.41, 5.74) is 3.64. The molecule has 1 aromatic carbocycles. The lowest BCUT2D eigenvalue weighted by Crippen LogP contribution is -2.26. The van der Waals surface area contributed by atoms with Gasteiger partial charge in [0.05, 0.1) is 5.52 Å². The summed E-state index contributed by atoms with van der Waals surface area (Å²) < 4.78 is 6.64. The summed E-state index contributed by atoms with van der Waals surface area (Å²) in [4.78, 5) is 30.0. The Kier molecular flexibility index (Phi) is 6.61. The maximum absolute atomic E-state index is 13.0. The fourth-order valence-electron chi connectivity index (χ4n) is 3.24. The van der Waals surface area contributed by atoms with E-state index in [0.717, 1.165) is 23.2 Å². The minimum Gasteiger partial charge on any atom is -0.385 e. The molecule has 0 spiro atoms. The standard InChI is InChI=1S/C22H26N4O3/c1-4-16-10-7-9-15(2)18(16)25-22(28)20-24-19(17-11-5-6-13-26(17)20)21(27)23-12-8-14-29-3/h5-7,9-11,13H,4,8,12,14H2,1-3H3,(H,23,27)(H,25,28). The van der Waals surface area contributed by atoms with Crippen LogP contribution >= 0.6 is 0 Å². The van der Waals surface area contributed by atoms with Gasteiger partial charge in [-0.3, -0.25) is 14.0 Å². The largest absolute Gasteiger partial charge is 0.385 e. The highest BCUT2D eigenvalue weighted by Crippen LogP contribution is 2.22. The van der Waals surface area contributed by atoms with Crippen LogP contribution in [0.1, 0.15) is 45.6 Å². The number of benzene rings is 1. The third kappa shape index (κ3) is 4.46. The molecule has 2 heterocycles. The first-order chi connectivity index (χ1) is 14.1. The highest BCUT2D eigenvalue weighted by molar-refractivity contribution is 6.06.